The lowest BCUT2D eigenvalue weighted by Gasteiger charge is -2.07. The van der Waals surface area contributed by atoms with Crippen molar-refractivity contribution in [2.45, 2.75) is 13.0 Å². The molecule has 1 amide bonds. The van der Waals surface area contributed by atoms with E-state index < -0.39 is 12.0 Å². The Morgan fingerprint density at radius 1 is 1.62 bits per heavy atom. The zero-order valence-corrected chi connectivity index (χ0v) is 8.71. The summed E-state index contributed by atoms with van der Waals surface area (Å²) in [5.74, 6) is -0.474. The van der Waals surface area contributed by atoms with Crippen LogP contribution in [0.15, 0.2) is 22.7 Å². The molecule has 1 unspecified atom stereocenters. The normalized spacial score (nSPS) is 12.5. The molecular weight excluding hydrogens is 234 g/mol. The molecule has 3 nitrogen and oxygen atoms in total. The number of amides is 1. The van der Waals surface area contributed by atoms with Gasteiger partial charge >= 0.3 is 0 Å². The molecule has 1 rings (SSSR count). The van der Waals surface area contributed by atoms with Crippen LogP contribution in [0.25, 0.3) is 0 Å². The molecule has 13 heavy (non-hydrogen) atoms. The summed E-state index contributed by atoms with van der Waals surface area (Å²) in [5.41, 5.74) is 6.25. The van der Waals surface area contributed by atoms with Gasteiger partial charge in [0.2, 0.25) is 5.91 Å². The molecular formula is C9H10BrNO2. The monoisotopic (exact) mass is 243 g/mol. The smallest absolute Gasteiger partial charge is 0.248 e. The Balaban J connectivity index is 3.13. The van der Waals surface area contributed by atoms with Crippen LogP contribution in [0.3, 0.4) is 0 Å². The molecule has 1 atom stereocenters. The van der Waals surface area contributed by atoms with Gasteiger partial charge in [0.25, 0.3) is 0 Å². The summed E-state index contributed by atoms with van der Waals surface area (Å²) in [6.45, 7) is 1.66. The summed E-state index contributed by atoms with van der Waals surface area (Å²) in [6.07, 6.45) is -0.559. The van der Waals surface area contributed by atoms with Gasteiger partial charge in [-0.25, -0.2) is 0 Å². The molecule has 0 fully saturated rings. The van der Waals surface area contributed by atoms with Crippen LogP contribution in [-0.4, -0.2) is 11.0 Å². The minimum absolute atomic E-state index is 0.427. The number of carbonyl (C=O) groups excluding carboxylic acids is 1. The molecule has 0 aromatic heterocycles. The van der Waals surface area contributed by atoms with E-state index in [4.69, 9.17) is 5.73 Å². The van der Waals surface area contributed by atoms with E-state index in [9.17, 15) is 9.90 Å². The van der Waals surface area contributed by atoms with Gasteiger partial charge in [-0.05, 0) is 24.6 Å². The Morgan fingerprint density at radius 3 is 2.62 bits per heavy atom. The zero-order valence-electron chi connectivity index (χ0n) is 7.12. The van der Waals surface area contributed by atoms with E-state index in [0.717, 1.165) is 5.56 Å². The Kier molecular flexibility index (Phi) is 3.06. The first-order valence-corrected chi connectivity index (χ1v) is 4.59. The van der Waals surface area contributed by atoms with Gasteiger partial charge in [-0.3, -0.25) is 4.79 Å². The zero-order chi connectivity index (χ0) is 10.0. The molecule has 0 aliphatic rings. The Morgan fingerprint density at radius 2 is 2.23 bits per heavy atom. The molecule has 0 saturated carbocycles. The van der Waals surface area contributed by atoms with Crippen LogP contribution in [0.2, 0.25) is 0 Å². The third-order valence-corrected chi connectivity index (χ3v) is 2.42. The number of halogens is 1. The van der Waals surface area contributed by atoms with Crippen molar-refractivity contribution < 1.29 is 9.90 Å². The highest BCUT2D eigenvalue weighted by atomic mass is 79.9. The predicted molar refractivity (Wildman–Crippen MR) is 53.3 cm³/mol. The maximum atomic E-state index is 10.8. The average molecular weight is 244 g/mol. The molecule has 0 heterocycles. The number of aliphatic hydroxyl groups is 1. The van der Waals surface area contributed by atoms with Gasteiger partial charge in [0.05, 0.1) is 6.10 Å². The number of carbonyl (C=O) groups is 1. The number of hydrogen-bond donors (Lipinski definition) is 2. The highest BCUT2D eigenvalue weighted by molar-refractivity contribution is 9.10. The van der Waals surface area contributed by atoms with Crippen LogP contribution in [0.4, 0.5) is 0 Å². The van der Waals surface area contributed by atoms with Crippen LogP contribution in [0.5, 0.6) is 0 Å². The van der Waals surface area contributed by atoms with Gasteiger partial charge in [-0.15, -0.1) is 0 Å². The van der Waals surface area contributed by atoms with Gasteiger partial charge in [0, 0.05) is 10.0 Å². The lowest BCUT2D eigenvalue weighted by atomic mass is 10.1. The molecule has 1 aromatic rings. The summed E-state index contributed by atoms with van der Waals surface area (Å²) in [6, 6.07) is 4.87. The van der Waals surface area contributed by atoms with Crippen LogP contribution in [0.1, 0.15) is 28.9 Å². The van der Waals surface area contributed by atoms with E-state index in [0.29, 0.717) is 10.0 Å². The predicted octanol–water partition coefficient (Wildman–Crippen LogP) is 1.60. The maximum Gasteiger partial charge on any atom is 0.248 e. The molecule has 1 aromatic carbocycles. The van der Waals surface area contributed by atoms with E-state index in [2.05, 4.69) is 15.9 Å². The highest BCUT2D eigenvalue weighted by Gasteiger charge is 2.08. The fourth-order valence-electron chi connectivity index (χ4n) is 1.02. The van der Waals surface area contributed by atoms with Gasteiger partial charge in [-0.1, -0.05) is 22.0 Å². The third kappa shape index (κ3) is 2.29. The average Bonchev–Trinajstić information content (AvgIpc) is 2.03. The molecule has 4 heteroatoms. The summed E-state index contributed by atoms with van der Waals surface area (Å²) in [5, 5.41) is 9.29. The summed E-state index contributed by atoms with van der Waals surface area (Å²) < 4.78 is 0.693. The van der Waals surface area contributed by atoms with E-state index in [1.807, 2.05) is 0 Å². The molecule has 0 saturated heterocycles. The minimum Gasteiger partial charge on any atom is -0.389 e. The first-order valence-electron chi connectivity index (χ1n) is 3.79. The number of nitrogens with two attached hydrogens (primary N) is 1. The van der Waals surface area contributed by atoms with Crippen LogP contribution in [-0.2, 0) is 0 Å². The first kappa shape index (κ1) is 10.2. The second kappa shape index (κ2) is 3.89. The first-order chi connectivity index (χ1) is 6.02. The Hall–Kier alpha value is -0.870. The van der Waals surface area contributed by atoms with Gasteiger partial charge < -0.3 is 10.8 Å². The summed E-state index contributed by atoms with van der Waals surface area (Å²) >= 11 is 3.25. The van der Waals surface area contributed by atoms with Crippen molar-refractivity contribution in [1.82, 2.24) is 0 Å². The standard InChI is InChI=1S/C9H10BrNO2/c1-5(12)7-3-2-6(9(11)13)4-8(7)10/h2-5,12H,1H3,(H2,11,13). The molecule has 3 N–H and O–H groups in total. The van der Waals surface area contributed by atoms with E-state index in [1.54, 1.807) is 25.1 Å². The summed E-state index contributed by atoms with van der Waals surface area (Å²) in [7, 11) is 0. The van der Waals surface area contributed by atoms with Crippen molar-refractivity contribution in [2.24, 2.45) is 5.73 Å². The van der Waals surface area contributed by atoms with E-state index in [1.165, 1.54) is 0 Å². The van der Waals surface area contributed by atoms with E-state index in [-0.39, 0.29) is 0 Å². The van der Waals surface area contributed by atoms with Crippen molar-refractivity contribution in [3.63, 3.8) is 0 Å². The second-order valence-corrected chi connectivity index (χ2v) is 3.63. The molecule has 0 bridgehead atoms. The largest absolute Gasteiger partial charge is 0.389 e. The van der Waals surface area contributed by atoms with Crippen molar-refractivity contribution in [3.05, 3.63) is 33.8 Å². The van der Waals surface area contributed by atoms with Crippen LogP contribution < -0.4 is 5.73 Å². The van der Waals surface area contributed by atoms with Crippen molar-refractivity contribution in [1.29, 1.82) is 0 Å². The van der Waals surface area contributed by atoms with Crippen LogP contribution in [0, 0.1) is 0 Å². The van der Waals surface area contributed by atoms with Crippen molar-refractivity contribution in [2.75, 3.05) is 0 Å². The van der Waals surface area contributed by atoms with Crippen molar-refractivity contribution >= 4 is 21.8 Å². The second-order valence-electron chi connectivity index (χ2n) is 2.78. The lowest BCUT2D eigenvalue weighted by Crippen LogP contribution is -2.11. The molecule has 70 valence electrons. The fraction of sp³-hybridized carbons (Fsp3) is 0.222. The molecule has 0 radical (unpaired) electrons. The lowest BCUT2D eigenvalue weighted by molar-refractivity contribution is 0.1000. The number of hydrogen-bond acceptors (Lipinski definition) is 2. The van der Waals surface area contributed by atoms with Crippen molar-refractivity contribution in [3.8, 4) is 0 Å². The van der Waals surface area contributed by atoms with Gasteiger partial charge in [-0.2, -0.15) is 0 Å². The number of aliphatic hydroxyl groups excluding tert-OH is 1. The van der Waals surface area contributed by atoms with E-state index >= 15 is 0 Å². The Labute approximate surface area is 84.7 Å². The third-order valence-electron chi connectivity index (χ3n) is 1.74. The number of benzene rings is 1. The SMILES string of the molecule is CC(O)c1ccc(C(N)=O)cc1Br. The Bertz CT molecular complexity index is 336. The maximum absolute atomic E-state index is 10.8. The fourth-order valence-corrected chi connectivity index (χ4v) is 1.73. The van der Waals surface area contributed by atoms with Gasteiger partial charge in [0.1, 0.15) is 0 Å². The highest BCUT2D eigenvalue weighted by Crippen LogP contribution is 2.24. The molecule has 0 aliphatic carbocycles. The number of primary amides is 1. The molecule has 0 spiro atoms. The molecule has 0 aliphatic heterocycles. The quantitative estimate of drug-likeness (QED) is 0.829. The summed E-state index contributed by atoms with van der Waals surface area (Å²) in [4.78, 5) is 10.8. The van der Waals surface area contributed by atoms with Gasteiger partial charge in [0.15, 0.2) is 0 Å². The topological polar surface area (TPSA) is 63.3 Å². The number of rotatable bonds is 2. The minimum atomic E-state index is -0.559. The van der Waals surface area contributed by atoms with Crippen LogP contribution >= 0.6 is 15.9 Å².